The third-order valence-electron chi connectivity index (χ3n) is 17.3. The van der Waals surface area contributed by atoms with Crippen molar-refractivity contribution in [3.63, 3.8) is 0 Å². The number of nitrogens with zero attached hydrogens (tertiary/aromatic N) is 1. The highest BCUT2D eigenvalue weighted by Gasteiger charge is 2.84. The third kappa shape index (κ3) is 5.28. The van der Waals surface area contributed by atoms with Crippen LogP contribution in [0.1, 0.15) is 111 Å². The van der Waals surface area contributed by atoms with E-state index in [-0.39, 0.29) is 52.2 Å². The Morgan fingerprint density at radius 2 is 1.73 bits per heavy atom. The van der Waals surface area contributed by atoms with Crippen molar-refractivity contribution in [2.75, 3.05) is 26.2 Å². The van der Waals surface area contributed by atoms with Gasteiger partial charge in [-0.2, -0.15) is 0 Å². The number of halogens is 2. The topological polar surface area (TPSA) is 80.3 Å². The van der Waals surface area contributed by atoms with Gasteiger partial charge in [-0.1, -0.05) is 34.6 Å². The van der Waals surface area contributed by atoms with Crippen molar-refractivity contribution in [3.8, 4) is 0 Å². The van der Waals surface area contributed by atoms with E-state index in [1.165, 1.54) is 44.2 Å². The van der Waals surface area contributed by atoms with Gasteiger partial charge >= 0.3 is 0 Å². The minimum Gasteiger partial charge on any atom is -0.390 e. The number of hydrogen-bond acceptors (Lipinski definition) is 6. The monoisotopic (exact) mass is 724 g/mol. The lowest BCUT2D eigenvalue weighted by Crippen LogP contribution is -2.60. The molecule has 2 aliphatic heterocycles. The van der Waals surface area contributed by atoms with Crippen LogP contribution in [0.25, 0.3) is 0 Å². The normalized spacial score (nSPS) is 47.5. The second-order valence-corrected chi connectivity index (χ2v) is 20.0. The fourth-order valence-electron chi connectivity index (χ4n) is 14.7. The molecule has 2 heterocycles. The number of benzene rings is 1. The van der Waals surface area contributed by atoms with Gasteiger partial charge in [-0.25, -0.2) is 8.78 Å². The Morgan fingerprint density at radius 3 is 2.48 bits per heavy atom. The number of amides is 1. The number of morpholine rings is 1. The minimum atomic E-state index is -0.562. The molecule has 2 saturated heterocycles. The van der Waals surface area contributed by atoms with Gasteiger partial charge in [0.05, 0.1) is 37.6 Å². The number of carbonyl (C=O) groups is 1. The average molecular weight is 725 g/mol. The van der Waals surface area contributed by atoms with Gasteiger partial charge in [-0.3, -0.25) is 4.79 Å². The zero-order valence-electron chi connectivity index (χ0n) is 32.1. The summed E-state index contributed by atoms with van der Waals surface area (Å²) in [6, 6.07) is 3.65. The predicted molar refractivity (Wildman–Crippen MR) is 193 cm³/mol. The van der Waals surface area contributed by atoms with Crippen LogP contribution in [0.2, 0.25) is 0 Å². The van der Waals surface area contributed by atoms with Crippen molar-refractivity contribution in [2.24, 2.45) is 56.7 Å². The summed E-state index contributed by atoms with van der Waals surface area (Å²) in [5.74, 6) is 1.47. The fourth-order valence-corrected chi connectivity index (χ4v) is 14.7. The lowest BCUT2D eigenvalue weighted by Gasteiger charge is -2.64. The van der Waals surface area contributed by atoms with E-state index < -0.39 is 17.7 Å². The standard InChI is InChI=1S/C43H62F2N2O5/c1-25-16-30(22-46-21-27-17-28(44)20-29(45)18-27)51-37-36(25)40(4)12-13-43-24-42(43)11-10-33(39(2,3)31(42)8-9-32(43)41(40,5)38(37)49)52-35-23-47(14-15-50-35)34(48)19-26-6-7-26/h17-18,20,25-26,30-33,35-38,46,49H,6-16,19,21-24H2,1-5H3. The molecule has 52 heavy (non-hydrogen) atoms. The largest absolute Gasteiger partial charge is 0.390 e. The average Bonchev–Trinajstić information content (AvgIpc) is 4.01. The Labute approximate surface area is 309 Å². The van der Waals surface area contributed by atoms with Gasteiger partial charge in [0.15, 0.2) is 6.29 Å². The van der Waals surface area contributed by atoms with Gasteiger partial charge in [0.25, 0.3) is 0 Å². The summed E-state index contributed by atoms with van der Waals surface area (Å²) in [6.45, 7) is 14.9. The van der Waals surface area contributed by atoms with Crippen LogP contribution in [0.3, 0.4) is 0 Å². The Hall–Kier alpha value is -1.65. The van der Waals surface area contributed by atoms with Crippen LogP contribution < -0.4 is 5.32 Å². The van der Waals surface area contributed by atoms with Crippen LogP contribution in [0.4, 0.5) is 8.78 Å². The summed E-state index contributed by atoms with van der Waals surface area (Å²) >= 11 is 0. The first kappa shape index (κ1) is 36.0. The first-order valence-corrected chi connectivity index (χ1v) is 20.8. The van der Waals surface area contributed by atoms with E-state index in [0.717, 1.165) is 38.2 Å². The Bertz CT molecular complexity index is 1550. The maximum atomic E-state index is 13.8. The summed E-state index contributed by atoms with van der Waals surface area (Å²) in [5.41, 5.74) is 0.908. The summed E-state index contributed by atoms with van der Waals surface area (Å²) in [5, 5.41) is 15.9. The van der Waals surface area contributed by atoms with Gasteiger partial charge in [0.1, 0.15) is 11.6 Å². The molecule has 8 aliphatic rings. The number of aliphatic hydroxyl groups is 1. The Kier molecular flexibility index (Phi) is 8.61. The van der Waals surface area contributed by atoms with Crippen molar-refractivity contribution in [1.29, 1.82) is 0 Å². The van der Waals surface area contributed by atoms with Gasteiger partial charge in [-0.05, 0) is 133 Å². The molecule has 9 rings (SSSR count). The van der Waals surface area contributed by atoms with Gasteiger partial charge in [-0.15, -0.1) is 0 Å². The molecule has 7 nitrogen and oxygen atoms in total. The number of hydrogen-bond donors (Lipinski definition) is 2. The zero-order valence-corrected chi connectivity index (χ0v) is 32.1. The van der Waals surface area contributed by atoms with E-state index in [4.69, 9.17) is 14.2 Å². The van der Waals surface area contributed by atoms with Crippen LogP contribution in [0, 0.1) is 68.3 Å². The fraction of sp³-hybridized carbons (Fsp3) is 0.837. The number of nitrogens with one attached hydrogen (secondary N) is 1. The molecule has 288 valence electrons. The molecule has 13 atom stereocenters. The molecule has 6 saturated carbocycles. The quantitative estimate of drug-likeness (QED) is 0.295. The number of fused-ring (bicyclic) bond motifs is 4. The van der Waals surface area contributed by atoms with Crippen LogP contribution >= 0.6 is 0 Å². The molecular weight excluding hydrogens is 662 g/mol. The summed E-state index contributed by atoms with van der Waals surface area (Å²) in [4.78, 5) is 14.9. The third-order valence-corrected chi connectivity index (χ3v) is 17.3. The minimum absolute atomic E-state index is 0.00249. The van der Waals surface area contributed by atoms with Gasteiger partial charge in [0.2, 0.25) is 5.91 Å². The molecule has 9 heteroatoms. The van der Waals surface area contributed by atoms with Crippen molar-refractivity contribution < 1.29 is 32.9 Å². The summed E-state index contributed by atoms with van der Waals surface area (Å²) in [6.07, 6.45) is 11.1. The molecule has 1 amide bonds. The summed E-state index contributed by atoms with van der Waals surface area (Å²) in [7, 11) is 0. The van der Waals surface area contributed by atoms with Crippen LogP contribution in [-0.4, -0.2) is 72.9 Å². The highest BCUT2D eigenvalue weighted by Crippen LogP contribution is 2.89. The predicted octanol–water partition coefficient (Wildman–Crippen LogP) is 7.24. The van der Waals surface area contributed by atoms with Crippen molar-refractivity contribution in [1.82, 2.24) is 10.2 Å². The molecule has 1 aromatic rings. The molecule has 0 aromatic heterocycles. The first-order chi connectivity index (χ1) is 24.7. The van der Waals surface area contributed by atoms with Crippen molar-refractivity contribution >= 4 is 5.91 Å². The van der Waals surface area contributed by atoms with Crippen LogP contribution in [0.5, 0.6) is 0 Å². The number of rotatable bonds is 8. The molecule has 13 unspecified atom stereocenters. The molecule has 0 bridgehead atoms. The molecule has 2 spiro atoms. The van der Waals surface area contributed by atoms with E-state index in [9.17, 15) is 18.7 Å². The molecule has 8 fully saturated rings. The molecule has 1 aromatic carbocycles. The Morgan fingerprint density at radius 1 is 1.00 bits per heavy atom. The second-order valence-electron chi connectivity index (χ2n) is 20.0. The molecular formula is C43H62F2N2O5. The van der Waals surface area contributed by atoms with E-state index in [1.54, 1.807) is 0 Å². The first-order valence-electron chi connectivity index (χ1n) is 20.8. The van der Waals surface area contributed by atoms with Crippen LogP contribution in [0.15, 0.2) is 18.2 Å². The number of aliphatic hydroxyl groups excluding tert-OH is 1. The van der Waals surface area contributed by atoms with Gasteiger partial charge in [0, 0.05) is 37.5 Å². The van der Waals surface area contributed by atoms with E-state index in [1.807, 2.05) is 4.90 Å². The number of ether oxygens (including phenoxy) is 3. The smallest absolute Gasteiger partial charge is 0.223 e. The highest BCUT2D eigenvalue weighted by atomic mass is 19.1. The zero-order chi connectivity index (χ0) is 36.4. The SMILES string of the molecule is CC1CC(CNCc2cc(F)cc(F)c2)OC2C1C1(C)CCC34CC35CCC(OC3CN(C(=O)CC6CC6)CCO3)C(C)(C)C5CCC4C1(C)C2O. The van der Waals surface area contributed by atoms with E-state index >= 15 is 0 Å². The highest BCUT2D eigenvalue weighted by molar-refractivity contribution is 5.76. The van der Waals surface area contributed by atoms with E-state index in [2.05, 4.69) is 39.9 Å². The molecule has 0 radical (unpaired) electrons. The summed E-state index contributed by atoms with van der Waals surface area (Å²) < 4.78 is 47.4. The maximum Gasteiger partial charge on any atom is 0.223 e. The van der Waals surface area contributed by atoms with Gasteiger partial charge < -0.3 is 29.5 Å². The second kappa shape index (κ2) is 12.4. The van der Waals surface area contributed by atoms with E-state index in [0.29, 0.717) is 79.8 Å². The number of carbonyl (C=O) groups excluding carboxylic acids is 1. The van der Waals surface area contributed by atoms with Crippen molar-refractivity contribution in [3.05, 3.63) is 35.4 Å². The maximum absolute atomic E-state index is 13.8. The molecule has 2 N–H and O–H groups in total. The lowest BCUT2D eigenvalue weighted by molar-refractivity contribution is -0.248. The Balaban J connectivity index is 0.886. The van der Waals surface area contributed by atoms with Crippen LogP contribution in [-0.2, 0) is 25.5 Å². The molecule has 6 aliphatic carbocycles. The lowest BCUT2D eigenvalue weighted by atomic mass is 9.41. The van der Waals surface area contributed by atoms with Crippen molar-refractivity contribution in [2.45, 2.75) is 142 Å².